The molecular weight excluding hydrogens is 286 g/mol. The first-order valence-electron chi connectivity index (χ1n) is 4.78. The molecule has 17 heavy (non-hydrogen) atoms. The molecule has 0 bridgehead atoms. The second-order valence-corrected chi connectivity index (χ2v) is 4.07. The van der Waals surface area contributed by atoms with Crippen molar-refractivity contribution in [3.05, 3.63) is 52.6 Å². The zero-order valence-corrected chi connectivity index (χ0v) is 10.2. The van der Waals surface area contributed by atoms with Gasteiger partial charge in [0.25, 0.3) is 0 Å². The van der Waals surface area contributed by atoms with Gasteiger partial charge in [-0.25, -0.2) is 9.78 Å². The molecule has 2 rings (SSSR count). The third-order valence-electron chi connectivity index (χ3n) is 2.03. The van der Waals surface area contributed by atoms with Crippen LogP contribution in [0.1, 0.15) is 10.4 Å². The fourth-order valence-electron chi connectivity index (χ4n) is 1.26. The lowest BCUT2D eigenvalue weighted by Gasteiger charge is -2.05. The zero-order valence-electron chi connectivity index (χ0n) is 8.63. The molecule has 1 aromatic heterocycles. The van der Waals surface area contributed by atoms with Crippen molar-refractivity contribution in [3.63, 3.8) is 0 Å². The molecule has 5 heteroatoms. The summed E-state index contributed by atoms with van der Waals surface area (Å²) in [5.41, 5.74) is 0.193. The molecule has 0 atom stereocenters. The third-order valence-corrected chi connectivity index (χ3v) is 2.69. The first-order chi connectivity index (χ1) is 8.16. The van der Waals surface area contributed by atoms with Gasteiger partial charge in [0, 0.05) is 16.7 Å². The van der Waals surface area contributed by atoms with Gasteiger partial charge in [0.15, 0.2) is 0 Å². The van der Waals surface area contributed by atoms with Crippen molar-refractivity contribution in [1.29, 1.82) is 0 Å². The Morgan fingerprint density at radius 1 is 1.29 bits per heavy atom. The van der Waals surface area contributed by atoms with Gasteiger partial charge < -0.3 is 9.84 Å². The predicted molar refractivity (Wildman–Crippen MR) is 65.4 cm³/mol. The monoisotopic (exact) mass is 293 g/mol. The van der Waals surface area contributed by atoms with Crippen molar-refractivity contribution < 1.29 is 14.6 Å². The van der Waals surface area contributed by atoms with Gasteiger partial charge in [-0.3, -0.25) is 0 Å². The van der Waals surface area contributed by atoms with Crippen LogP contribution in [0.15, 0.2) is 47.1 Å². The van der Waals surface area contributed by atoms with Crippen LogP contribution in [0.25, 0.3) is 0 Å². The summed E-state index contributed by atoms with van der Waals surface area (Å²) in [5.74, 6) is 0.00399. The smallest absolute Gasteiger partial charge is 0.336 e. The highest BCUT2D eigenvalue weighted by molar-refractivity contribution is 9.10. The lowest BCUT2D eigenvalue weighted by molar-refractivity contribution is 0.0696. The lowest BCUT2D eigenvalue weighted by Crippen LogP contribution is -1.97. The highest BCUT2D eigenvalue weighted by Gasteiger charge is 2.09. The van der Waals surface area contributed by atoms with E-state index in [-0.39, 0.29) is 5.56 Å². The molecule has 4 nitrogen and oxygen atoms in total. The molecule has 0 saturated carbocycles. The Morgan fingerprint density at radius 2 is 2.12 bits per heavy atom. The van der Waals surface area contributed by atoms with Gasteiger partial charge >= 0.3 is 5.97 Å². The van der Waals surface area contributed by atoms with E-state index in [1.165, 1.54) is 6.07 Å². The minimum absolute atomic E-state index is 0.193. The normalized spacial score (nSPS) is 9.94. The summed E-state index contributed by atoms with van der Waals surface area (Å²) in [6, 6.07) is 9.98. The highest BCUT2D eigenvalue weighted by Crippen LogP contribution is 2.26. The number of nitrogens with zero attached hydrogens (tertiary/aromatic N) is 1. The number of halogens is 1. The molecule has 0 aliphatic heterocycles. The van der Waals surface area contributed by atoms with Crippen LogP contribution < -0.4 is 4.74 Å². The Balaban J connectivity index is 2.24. The van der Waals surface area contributed by atoms with Gasteiger partial charge in [-0.15, -0.1) is 0 Å². The summed E-state index contributed by atoms with van der Waals surface area (Å²) in [6.45, 7) is 0. The summed E-state index contributed by atoms with van der Waals surface area (Å²) in [7, 11) is 0. The minimum Gasteiger partial charge on any atom is -0.478 e. The average Bonchev–Trinajstić information content (AvgIpc) is 2.30. The Hall–Kier alpha value is -1.88. The minimum atomic E-state index is -0.985. The fraction of sp³-hybridized carbons (Fsp3) is 0. The highest BCUT2D eigenvalue weighted by atomic mass is 79.9. The van der Waals surface area contributed by atoms with E-state index in [1.807, 2.05) is 6.07 Å². The van der Waals surface area contributed by atoms with Crippen LogP contribution in [0.3, 0.4) is 0 Å². The van der Waals surface area contributed by atoms with Crippen LogP contribution in [0.5, 0.6) is 11.6 Å². The Morgan fingerprint density at radius 3 is 2.71 bits per heavy atom. The van der Waals surface area contributed by atoms with Gasteiger partial charge in [0.2, 0.25) is 5.88 Å². The van der Waals surface area contributed by atoms with Gasteiger partial charge in [-0.1, -0.05) is 6.07 Å². The van der Waals surface area contributed by atoms with Crippen LogP contribution in [-0.2, 0) is 0 Å². The number of hydrogen-bond acceptors (Lipinski definition) is 3. The van der Waals surface area contributed by atoms with Gasteiger partial charge in [-0.2, -0.15) is 0 Å². The van der Waals surface area contributed by atoms with Gasteiger partial charge in [-0.05, 0) is 40.2 Å². The molecule has 0 saturated heterocycles. The molecule has 86 valence electrons. The number of hydrogen-bond donors (Lipinski definition) is 1. The van der Waals surface area contributed by atoms with Gasteiger partial charge in [0.1, 0.15) is 5.75 Å². The number of aromatic nitrogens is 1. The molecular formula is C12H8BrNO3. The number of ether oxygens (including phenoxy) is 1. The Labute approximate surface area is 106 Å². The van der Waals surface area contributed by atoms with Crippen LogP contribution in [-0.4, -0.2) is 16.1 Å². The van der Waals surface area contributed by atoms with Crippen molar-refractivity contribution in [2.75, 3.05) is 0 Å². The summed E-state index contributed by atoms with van der Waals surface area (Å²) in [4.78, 5) is 14.8. The van der Waals surface area contributed by atoms with E-state index in [9.17, 15) is 4.79 Å². The molecule has 0 aliphatic carbocycles. The Kier molecular flexibility index (Phi) is 3.39. The lowest BCUT2D eigenvalue weighted by atomic mass is 10.2. The number of rotatable bonds is 3. The maximum absolute atomic E-state index is 10.8. The largest absolute Gasteiger partial charge is 0.478 e. The maximum Gasteiger partial charge on any atom is 0.336 e. The predicted octanol–water partition coefficient (Wildman–Crippen LogP) is 3.33. The number of carboxylic acids is 1. The van der Waals surface area contributed by atoms with Gasteiger partial charge in [0.05, 0.1) is 5.56 Å². The van der Waals surface area contributed by atoms with Crippen LogP contribution in [0.2, 0.25) is 0 Å². The fourth-order valence-corrected chi connectivity index (χ4v) is 1.79. The summed E-state index contributed by atoms with van der Waals surface area (Å²) >= 11 is 3.18. The molecule has 0 unspecified atom stereocenters. The van der Waals surface area contributed by atoms with Crippen molar-refractivity contribution in [2.24, 2.45) is 0 Å². The molecule has 0 radical (unpaired) electrons. The molecule has 1 aromatic carbocycles. The van der Waals surface area contributed by atoms with Crippen molar-refractivity contribution in [1.82, 2.24) is 4.98 Å². The van der Waals surface area contributed by atoms with Crippen LogP contribution in [0, 0.1) is 0 Å². The number of aromatic carboxylic acids is 1. The summed E-state index contributed by atoms with van der Waals surface area (Å²) in [6.07, 6.45) is 1.62. The van der Waals surface area contributed by atoms with Crippen molar-refractivity contribution >= 4 is 21.9 Å². The molecule has 1 heterocycles. The maximum atomic E-state index is 10.8. The summed E-state index contributed by atoms with van der Waals surface area (Å²) < 4.78 is 5.93. The van der Waals surface area contributed by atoms with Crippen LogP contribution in [0.4, 0.5) is 0 Å². The van der Waals surface area contributed by atoms with Crippen molar-refractivity contribution in [2.45, 2.75) is 0 Å². The van der Waals surface area contributed by atoms with E-state index in [1.54, 1.807) is 30.5 Å². The molecule has 0 fully saturated rings. The first-order valence-corrected chi connectivity index (χ1v) is 5.58. The number of pyridine rings is 1. The van der Waals surface area contributed by atoms with E-state index < -0.39 is 5.97 Å². The van der Waals surface area contributed by atoms with E-state index in [0.717, 1.165) is 0 Å². The SMILES string of the molecule is O=C(O)c1ccc(Oc2ccccn2)cc1Br. The molecule has 2 aromatic rings. The number of benzene rings is 1. The van der Waals surface area contributed by atoms with E-state index in [4.69, 9.17) is 9.84 Å². The topological polar surface area (TPSA) is 59.4 Å². The summed E-state index contributed by atoms with van der Waals surface area (Å²) in [5, 5.41) is 8.86. The quantitative estimate of drug-likeness (QED) is 0.943. The molecule has 0 spiro atoms. The second-order valence-electron chi connectivity index (χ2n) is 3.22. The van der Waals surface area contributed by atoms with Crippen LogP contribution >= 0.6 is 15.9 Å². The molecule has 1 N–H and O–H groups in total. The Bertz CT molecular complexity index is 543. The first kappa shape index (κ1) is 11.6. The standard InChI is InChI=1S/C12H8BrNO3/c13-10-7-8(4-5-9(10)12(15)16)17-11-3-1-2-6-14-11/h1-7H,(H,15,16). The number of carboxylic acid groups (broad SMARTS) is 1. The third kappa shape index (κ3) is 2.82. The average molecular weight is 294 g/mol. The zero-order chi connectivity index (χ0) is 12.3. The second kappa shape index (κ2) is 4.97. The van der Waals surface area contributed by atoms with E-state index in [0.29, 0.717) is 16.1 Å². The molecule has 0 amide bonds. The van der Waals surface area contributed by atoms with Crippen molar-refractivity contribution in [3.8, 4) is 11.6 Å². The van der Waals surface area contributed by atoms with E-state index >= 15 is 0 Å². The number of carbonyl (C=O) groups is 1. The molecule has 0 aliphatic rings. The van der Waals surface area contributed by atoms with E-state index in [2.05, 4.69) is 20.9 Å².